The number of hydrogen-bond donors (Lipinski definition) is 2. The van der Waals surface area contributed by atoms with Crippen LogP contribution in [0.1, 0.15) is 42.3 Å². The minimum Gasteiger partial charge on any atom is -0.462 e. The summed E-state index contributed by atoms with van der Waals surface area (Å²) in [7, 11) is 0. The van der Waals surface area contributed by atoms with Crippen LogP contribution in [0.5, 0.6) is 0 Å². The van der Waals surface area contributed by atoms with E-state index in [1.165, 1.54) is 24.2 Å². The molecule has 6 nitrogen and oxygen atoms in total. The molecule has 2 heterocycles. The van der Waals surface area contributed by atoms with E-state index in [4.69, 9.17) is 4.74 Å². The molecule has 0 bridgehead atoms. The Morgan fingerprint density at radius 2 is 1.96 bits per heavy atom. The SMILES string of the molecule is CCOC(=O)c1cc2cc(NC(=O)NC3CCN(C4CC4)CC3)ccc2s1. The zero-order chi connectivity index (χ0) is 18.8. The molecule has 7 heteroatoms. The van der Waals surface area contributed by atoms with Gasteiger partial charge in [-0.2, -0.15) is 0 Å². The van der Waals surface area contributed by atoms with Gasteiger partial charge in [0.2, 0.25) is 0 Å². The summed E-state index contributed by atoms with van der Waals surface area (Å²) in [5, 5.41) is 6.93. The van der Waals surface area contributed by atoms with Crippen molar-refractivity contribution in [3.63, 3.8) is 0 Å². The zero-order valence-corrected chi connectivity index (χ0v) is 16.3. The molecule has 1 aromatic heterocycles. The highest BCUT2D eigenvalue weighted by Gasteiger charge is 2.32. The van der Waals surface area contributed by atoms with Crippen molar-refractivity contribution in [2.45, 2.75) is 44.7 Å². The van der Waals surface area contributed by atoms with Crippen molar-refractivity contribution in [3.05, 3.63) is 29.1 Å². The maximum atomic E-state index is 12.3. The maximum absolute atomic E-state index is 12.3. The van der Waals surface area contributed by atoms with Crippen LogP contribution in [-0.4, -0.2) is 48.7 Å². The quantitative estimate of drug-likeness (QED) is 0.765. The summed E-state index contributed by atoms with van der Waals surface area (Å²) in [5.74, 6) is -0.302. The first-order valence-corrected chi connectivity index (χ1v) is 10.5. The van der Waals surface area contributed by atoms with Crippen LogP contribution in [0.4, 0.5) is 10.5 Å². The summed E-state index contributed by atoms with van der Waals surface area (Å²) in [5.41, 5.74) is 0.726. The first-order valence-electron chi connectivity index (χ1n) is 9.64. The number of fused-ring (bicyclic) bond motifs is 1. The fourth-order valence-electron chi connectivity index (χ4n) is 3.63. The van der Waals surface area contributed by atoms with Gasteiger partial charge in [-0.1, -0.05) is 0 Å². The molecule has 2 N–H and O–H groups in total. The van der Waals surface area contributed by atoms with Gasteiger partial charge in [-0.15, -0.1) is 11.3 Å². The second kappa shape index (κ2) is 7.86. The van der Waals surface area contributed by atoms with Crippen molar-refractivity contribution in [1.82, 2.24) is 10.2 Å². The average Bonchev–Trinajstić information content (AvgIpc) is 3.41. The van der Waals surface area contributed by atoms with Gasteiger partial charge in [-0.05, 0) is 62.3 Å². The lowest BCUT2D eigenvalue weighted by molar-refractivity contribution is 0.0532. The number of esters is 1. The van der Waals surface area contributed by atoms with Crippen LogP contribution in [0.15, 0.2) is 24.3 Å². The molecular weight excluding hydrogens is 362 g/mol. The highest BCUT2D eigenvalue weighted by atomic mass is 32.1. The fraction of sp³-hybridized carbons (Fsp3) is 0.500. The molecule has 1 saturated carbocycles. The van der Waals surface area contributed by atoms with Gasteiger partial charge in [-0.3, -0.25) is 0 Å². The molecule has 1 aromatic carbocycles. The molecule has 0 unspecified atom stereocenters. The largest absolute Gasteiger partial charge is 0.462 e. The van der Waals surface area contributed by atoms with E-state index in [2.05, 4.69) is 15.5 Å². The summed E-state index contributed by atoms with van der Waals surface area (Å²) in [6.45, 7) is 4.31. The third-order valence-corrected chi connectivity index (χ3v) is 6.27. The highest BCUT2D eigenvalue weighted by Crippen LogP contribution is 2.30. The number of likely N-dealkylation sites (tertiary alicyclic amines) is 1. The van der Waals surface area contributed by atoms with Gasteiger partial charge in [0.25, 0.3) is 0 Å². The number of amides is 2. The van der Waals surface area contributed by atoms with Crippen LogP contribution in [0.2, 0.25) is 0 Å². The number of benzene rings is 1. The van der Waals surface area contributed by atoms with Crippen molar-refractivity contribution in [2.24, 2.45) is 0 Å². The molecule has 1 aliphatic carbocycles. The number of piperidine rings is 1. The Morgan fingerprint density at radius 1 is 1.19 bits per heavy atom. The number of carbonyl (C=O) groups excluding carboxylic acids is 2. The van der Waals surface area contributed by atoms with E-state index in [1.54, 1.807) is 6.92 Å². The number of urea groups is 1. The number of thiophene rings is 1. The van der Waals surface area contributed by atoms with Crippen LogP contribution < -0.4 is 10.6 Å². The van der Waals surface area contributed by atoms with Gasteiger partial charge in [0.15, 0.2) is 0 Å². The standard InChI is InChI=1S/C20H25N3O3S/c1-2-26-19(24)18-12-13-11-15(3-6-17(13)27-18)22-20(25)21-14-7-9-23(10-8-14)16-4-5-16/h3,6,11-12,14,16H,2,4-5,7-10H2,1H3,(H2,21,22,25). The van der Waals surface area contributed by atoms with Crippen LogP contribution in [0.3, 0.4) is 0 Å². The van der Waals surface area contributed by atoms with Crippen molar-refractivity contribution in [3.8, 4) is 0 Å². The normalized spacial score (nSPS) is 18.4. The number of rotatable bonds is 5. The van der Waals surface area contributed by atoms with Crippen molar-refractivity contribution >= 4 is 39.1 Å². The van der Waals surface area contributed by atoms with E-state index in [-0.39, 0.29) is 18.0 Å². The van der Waals surface area contributed by atoms with Crippen molar-refractivity contribution < 1.29 is 14.3 Å². The summed E-state index contributed by atoms with van der Waals surface area (Å²) >= 11 is 1.40. The number of carbonyl (C=O) groups is 2. The van der Waals surface area contributed by atoms with Crippen LogP contribution >= 0.6 is 11.3 Å². The predicted octanol–water partition coefficient (Wildman–Crippen LogP) is 3.83. The summed E-state index contributed by atoms with van der Waals surface area (Å²) in [6, 6.07) is 8.37. The number of ether oxygens (including phenoxy) is 1. The van der Waals surface area contributed by atoms with E-state index in [0.29, 0.717) is 11.5 Å². The predicted molar refractivity (Wildman–Crippen MR) is 108 cm³/mol. The molecule has 1 saturated heterocycles. The van der Waals surface area contributed by atoms with Crippen molar-refractivity contribution in [1.29, 1.82) is 0 Å². The molecular formula is C20H25N3O3S. The number of hydrogen-bond acceptors (Lipinski definition) is 5. The second-order valence-electron chi connectivity index (χ2n) is 7.22. The van der Waals surface area contributed by atoms with Gasteiger partial charge in [0, 0.05) is 35.6 Å². The first-order chi connectivity index (χ1) is 13.1. The fourth-order valence-corrected chi connectivity index (χ4v) is 4.56. The van der Waals surface area contributed by atoms with E-state index in [1.807, 2.05) is 24.3 Å². The van der Waals surface area contributed by atoms with E-state index in [9.17, 15) is 9.59 Å². The number of nitrogens with zero attached hydrogens (tertiary/aromatic N) is 1. The molecule has 0 spiro atoms. The molecule has 4 rings (SSSR count). The average molecular weight is 388 g/mol. The second-order valence-corrected chi connectivity index (χ2v) is 8.31. The van der Waals surface area contributed by atoms with Gasteiger partial charge in [0.1, 0.15) is 4.88 Å². The molecule has 2 fully saturated rings. The minimum atomic E-state index is -0.302. The van der Waals surface area contributed by atoms with Crippen molar-refractivity contribution in [2.75, 3.05) is 25.0 Å². The molecule has 2 amide bonds. The minimum absolute atomic E-state index is 0.167. The molecule has 27 heavy (non-hydrogen) atoms. The Kier molecular flexibility index (Phi) is 5.31. The van der Waals surface area contributed by atoms with Gasteiger partial charge >= 0.3 is 12.0 Å². The maximum Gasteiger partial charge on any atom is 0.348 e. The molecule has 2 aromatic rings. The van der Waals surface area contributed by atoms with Gasteiger partial charge in [-0.25, -0.2) is 9.59 Å². The zero-order valence-electron chi connectivity index (χ0n) is 15.5. The molecule has 2 aliphatic rings. The van der Waals surface area contributed by atoms with Crippen LogP contribution in [0.25, 0.3) is 10.1 Å². The molecule has 0 radical (unpaired) electrons. The van der Waals surface area contributed by atoms with Crippen LogP contribution in [0, 0.1) is 0 Å². The van der Waals surface area contributed by atoms with E-state index in [0.717, 1.165) is 47.7 Å². The lowest BCUT2D eigenvalue weighted by Gasteiger charge is -2.32. The third kappa shape index (κ3) is 4.42. The summed E-state index contributed by atoms with van der Waals surface area (Å²) < 4.78 is 6.05. The Hall–Kier alpha value is -2.12. The summed E-state index contributed by atoms with van der Waals surface area (Å²) in [6.07, 6.45) is 4.69. The van der Waals surface area contributed by atoms with Gasteiger partial charge < -0.3 is 20.3 Å². The highest BCUT2D eigenvalue weighted by molar-refractivity contribution is 7.20. The summed E-state index contributed by atoms with van der Waals surface area (Å²) in [4.78, 5) is 27.3. The number of anilines is 1. The molecule has 0 atom stereocenters. The lowest BCUT2D eigenvalue weighted by atomic mass is 10.1. The number of nitrogens with one attached hydrogen (secondary N) is 2. The third-order valence-electron chi connectivity index (χ3n) is 5.18. The monoisotopic (exact) mass is 387 g/mol. The Balaban J connectivity index is 1.33. The Morgan fingerprint density at radius 3 is 2.67 bits per heavy atom. The van der Waals surface area contributed by atoms with E-state index >= 15 is 0 Å². The molecule has 1 aliphatic heterocycles. The van der Waals surface area contributed by atoms with Crippen LogP contribution in [-0.2, 0) is 4.74 Å². The smallest absolute Gasteiger partial charge is 0.348 e. The topological polar surface area (TPSA) is 70.7 Å². The Labute approximate surface area is 162 Å². The van der Waals surface area contributed by atoms with Gasteiger partial charge in [0.05, 0.1) is 6.61 Å². The lowest BCUT2D eigenvalue weighted by Crippen LogP contribution is -2.46. The first kappa shape index (κ1) is 18.3. The van der Waals surface area contributed by atoms with E-state index < -0.39 is 0 Å². The molecule has 144 valence electrons. The Bertz CT molecular complexity index is 838.